The van der Waals surface area contributed by atoms with E-state index in [-0.39, 0.29) is 41.4 Å². The number of anilines is 1. The number of hydrogen-bond donors (Lipinski definition) is 2. The average Bonchev–Trinajstić information content (AvgIpc) is 3.44. The van der Waals surface area contributed by atoms with Gasteiger partial charge in [0.1, 0.15) is 17.5 Å². The quantitative estimate of drug-likeness (QED) is 0.143. The Morgan fingerprint density at radius 3 is 2.43 bits per heavy atom. The molecule has 2 N–H and O–H groups in total. The van der Waals surface area contributed by atoms with Gasteiger partial charge in [-0.1, -0.05) is 6.07 Å². The number of imide groups is 2. The molecule has 15 nitrogen and oxygen atoms in total. The van der Waals surface area contributed by atoms with Gasteiger partial charge in [-0.05, 0) is 67.0 Å². The third kappa shape index (κ3) is 7.21. The van der Waals surface area contributed by atoms with Gasteiger partial charge in [0.2, 0.25) is 17.7 Å². The van der Waals surface area contributed by atoms with Crippen LogP contribution in [0, 0.1) is 5.92 Å². The zero-order valence-corrected chi connectivity index (χ0v) is 31.9. The first kappa shape index (κ1) is 38.2. The zero-order chi connectivity index (χ0) is 39.7. The number of unbranched alkanes of at least 4 members (excludes halogenated alkanes) is 2. The number of aryl methyl sites for hydroxylation is 1. The van der Waals surface area contributed by atoms with E-state index < -0.39 is 29.7 Å². The second kappa shape index (κ2) is 15.9. The number of rotatable bonds is 14. The maximum atomic E-state index is 13.3. The second-order valence-corrected chi connectivity index (χ2v) is 14.6. The summed E-state index contributed by atoms with van der Waals surface area (Å²) in [5.74, 6) is -0.827. The van der Waals surface area contributed by atoms with Crippen molar-refractivity contribution in [2.24, 2.45) is 13.0 Å². The fourth-order valence-electron chi connectivity index (χ4n) is 7.87. The highest BCUT2D eigenvalue weighted by molar-refractivity contribution is 6.25. The van der Waals surface area contributed by atoms with Gasteiger partial charge in [-0.15, -0.1) is 0 Å². The van der Waals surface area contributed by atoms with Crippen LogP contribution in [-0.2, 0) is 28.0 Å². The number of nitrogens with zero attached hydrogens (tertiary/aromatic N) is 5. The molecule has 4 aromatic rings. The molecule has 1 atom stereocenters. The first-order chi connectivity index (χ1) is 27.0. The Bertz CT molecular complexity index is 2270. The van der Waals surface area contributed by atoms with Crippen LogP contribution in [0.1, 0.15) is 58.4 Å². The number of carbonyl (C=O) groups is 5. The van der Waals surface area contributed by atoms with Crippen LogP contribution in [0.2, 0.25) is 0 Å². The SMILES string of the molecule is COc1cc(-c2cn(C)c(=O)c3cnccc23)cc(OC)c1CN1CC(C(=O)N(C)CCCCCNc2cccc3c2C(=O)N(C2CCC(=O)NC2=O)C3=O)C1. The average molecular weight is 764 g/mol. The van der Waals surface area contributed by atoms with Gasteiger partial charge in [-0.3, -0.25) is 48.9 Å². The maximum Gasteiger partial charge on any atom is 0.264 e. The molecule has 0 saturated carbocycles. The number of nitrogens with one attached hydrogen (secondary N) is 2. The zero-order valence-electron chi connectivity index (χ0n) is 31.9. The van der Waals surface area contributed by atoms with Crippen molar-refractivity contribution in [3.05, 3.63) is 82.0 Å². The summed E-state index contributed by atoms with van der Waals surface area (Å²) >= 11 is 0. The molecule has 2 aromatic heterocycles. The molecule has 5 amide bonds. The van der Waals surface area contributed by atoms with Crippen molar-refractivity contribution in [3.8, 4) is 22.6 Å². The van der Waals surface area contributed by atoms with Gasteiger partial charge in [0, 0.05) is 83.1 Å². The first-order valence-corrected chi connectivity index (χ1v) is 18.7. The lowest BCUT2D eigenvalue weighted by atomic mass is 9.95. The van der Waals surface area contributed by atoms with Crippen molar-refractivity contribution < 1.29 is 33.4 Å². The minimum absolute atomic E-state index is 0.0641. The van der Waals surface area contributed by atoms with Crippen LogP contribution in [0.4, 0.5) is 5.69 Å². The summed E-state index contributed by atoms with van der Waals surface area (Å²) < 4.78 is 13.2. The van der Waals surface area contributed by atoms with Crippen molar-refractivity contribution in [1.29, 1.82) is 0 Å². The highest BCUT2D eigenvalue weighted by Crippen LogP contribution is 2.39. The van der Waals surface area contributed by atoms with Crippen LogP contribution in [0.5, 0.6) is 11.5 Å². The van der Waals surface area contributed by atoms with E-state index in [9.17, 15) is 28.8 Å². The molecule has 0 bridgehead atoms. The van der Waals surface area contributed by atoms with Crippen LogP contribution in [-0.4, -0.2) is 107 Å². The van der Waals surface area contributed by atoms with E-state index in [2.05, 4.69) is 20.5 Å². The molecular formula is C41H45N7O8. The summed E-state index contributed by atoms with van der Waals surface area (Å²) in [5.41, 5.74) is 3.46. The third-order valence-electron chi connectivity index (χ3n) is 10.9. The predicted molar refractivity (Wildman–Crippen MR) is 207 cm³/mol. The van der Waals surface area contributed by atoms with Crippen molar-refractivity contribution in [3.63, 3.8) is 0 Å². The van der Waals surface area contributed by atoms with Crippen LogP contribution < -0.4 is 25.7 Å². The molecule has 3 aliphatic rings. The third-order valence-corrected chi connectivity index (χ3v) is 10.9. The lowest BCUT2D eigenvalue weighted by Gasteiger charge is -2.40. The number of piperidine rings is 1. The number of pyridine rings is 2. The largest absolute Gasteiger partial charge is 0.496 e. The number of likely N-dealkylation sites (tertiary alicyclic amines) is 1. The van der Waals surface area contributed by atoms with Crippen molar-refractivity contribution in [2.75, 3.05) is 52.8 Å². The molecule has 0 spiro atoms. The molecule has 2 fully saturated rings. The second-order valence-electron chi connectivity index (χ2n) is 14.6. The summed E-state index contributed by atoms with van der Waals surface area (Å²) in [6.45, 7) is 2.94. The van der Waals surface area contributed by atoms with Crippen molar-refractivity contribution in [2.45, 2.75) is 44.7 Å². The van der Waals surface area contributed by atoms with Gasteiger partial charge < -0.3 is 24.3 Å². The number of aromatic nitrogens is 2. The van der Waals surface area contributed by atoms with E-state index in [0.29, 0.717) is 55.3 Å². The minimum atomic E-state index is -1.01. The lowest BCUT2D eigenvalue weighted by Crippen LogP contribution is -2.54. The monoisotopic (exact) mass is 763 g/mol. The van der Waals surface area contributed by atoms with E-state index >= 15 is 0 Å². The number of carbonyl (C=O) groups excluding carboxylic acids is 5. The molecule has 56 heavy (non-hydrogen) atoms. The molecule has 0 aliphatic carbocycles. The van der Waals surface area contributed by atoms with E-state index in [1.165, 1.54) is 0 Å². The Balaban J connectivity index is 0.882. The summed E-state index contributed by atoms with van der Waals surface area (Å²) in [6.07, 6.45) is 7.64. The minimum Gasteiger partial charge on any atom is -0.496 e. The Morgan fingerprint density at radius 2 is 1.71 bits per heavy atom. The fourth-order valence-corrected chi connectivity index (χ4v) is 7.87. The molecule has 7 rings (SSSR count). The van der Waals surface area contributed by atoms with E-state index in [0.717, 1.165) is 46.2 Å². The van der Waals surface area contributed by atoms with Crippen LogP contribution >= 0.6 is 0 Å². The number of fused-ring (bicyclic) bond motifs is 2. The molecule has 5 heterocycles. The Labute approximate surface area is 323 Å². The lowest BCUT2D eigenvalue weighted by molar-refractivity contribution is -0.140. The number of methoxy groups -OCH3 is 2. The molecule has 1 unspecified atom stereocenters. The van der Waals surface area contributed by atoms with E-state index in [4.69, 9.17) is 9.47 Å². The van der Waals surface area contributed by atoms with Crippen molar-refractivity contribution >= 4 is 46.0 Å². The van der Waals surface area contributed by atoms with Gasteiger partial charge in [0.15, 0.2) is 0 Å². The Kier molecular flexibility index (Phi) is 10.9. The summed E-state index contributed by atoms with van der Waals surface area (Å²) in [6, 6.07) is 9.73. The van der Waals surface area contributed by atoms with Gasteiger partial charge in [-0.25, -0.2) is 0 Å². The van der Waals surface area contributed by atoms with E-state index in [1.807, 2.05) is 31.4 Å². The smallest absolute Gasteiger partial charge is 0.264 e. The molecule has 2 saturated heterocycles. The fraction of sp³-hybridized carbons (Fsp3) is 0.390. The maximum absolute atomic E-state index is 13.3. The molecule has 292 valence electrons. The topological polar surface area (TPSA) is 172 Å². The normalized spacial score (nSPS) is 17.1. The molecule has 15 heteroatoms. The summed E-state index contributed by atoms with van der Waals surface area (Å²) in [4.78, 5) is 85.6. The summed E-state index contributed by atoms with van der Waals surface area (Å²) in [5, 5.41) is 6.81. The van der Waals surface area contributed by atoms with Gasteiger partial charge in [0.05, 0.1) is 42.2 Å². The van der Waals surface area contributed by atoms with Crippen LogP contribution in [0.3, 0.4) is 0 Å². The number of ether oxygens (including phenoxy) is 2. The van der Waals surface area contributed by atoms with Crippen LogP contribution in [0.25, 0.3) is 21.9 Å². The first-order valence-electron chi connectivity index (χ1n) is 18.7. The van der Waals surface area contributed by atoms with Gasteiger partial charge >= 0.3 is 0 Å². The number of benzene rings is 2. The summed E-state index contributed by atoms with van der Waals surface area (Å²) in [7, 11) is 6.79. The molecule has 0 radical (unpaired) electrons. The number of amides is 5. The van der Waals surface area contributed by atoms with E-state index in [1.54, 1.807) is 61.3 Å². The number of hydrogen-bond acceptors (Lipinski definition) is 11. The van der Waals surface area contributed by atoms with Crippen molar-refractivity contribution in [1.82, 2.24) is 29.6 Å². The molecule has 2 aromatic carbocycles. The van der Waals surface area contributed by atoms with Crippen LogP contribution in [0.15, 0.2) is 59.8 Å². The Hall–Kier alpha value is -6.09. The standard InChI is InChI=1S/C41H45N7O8/c1-45(16-7-5-6-14-43-31-10-8-9-27-36(31)41(54)48(40(27)53)32-11-12-35(49)44-37(32)50)38(51)25-20-47(21-25)23-30-33(55-3)17-24(18-34(30)56-4)29-22-46(2)39(52)28-19-42-15-13-26(28)29/h8-10,13,15,17-19,22,25,32,43H,5-7,11-12,14,16,20-21,23H2,1-4H3,(H,44,49,50). The van der Waals surface area contributed by atoms with Gasteiger partial charge in [-0.2, -0.15) is 0 Å². The predicted octanol–water partition coefficient (Wildman–Crippen LogP) is 3.19. The Morgan fingerprint density at radius 1 is 0.964 bits per heavy atom. The van der Waals surface area contributed by atoms with Gasteiger partial charge in [0.25, 0.3) is 17.4 Å². The molecule has 3 aliphatic heterocycles. The highest BCUT2D eigenvalue weighted by atomic mass is 16.5. The molecular weight excluding hydrogens is 718 g/mol. The highest BCUT2D eigenvalue weighted by Gasteiger charge is 2.45.